The molecule has 1 N–H and O–H groups in total. The molecule has 9 heavy (non-hydrogen) atoms. The Morgan fingerprint density at radius 1 is 1.89 bits per heavy atom. The molecule has 0 saturated carbocycles. The van der Waals surface area contributed by atoms with Crippen LogP contribution in [-0.2, 0) is 0 Å². The van der Waals surface area contributed by atoms with Gasteiger partial charge < -0.3 is 5.11 Å². The lowest BCUT2D eigenvalue weighted by molar-refractivity contribution is 0.200. The summed E-state index contributed by atoms with van der Waals surface area (Å²) < 4.78 is 3.60. The minimum absolute atomic E-state index is 0.510. The number of hydrogen-bond donors (Lipinski definition) is 1. The number of alkyl halides is 1. The van der Waals surface area contributed by atoms with Crippen LogP contribution in [0.1, 0.15) is 11.8 Å². The Labute approximate surface area is 65.0 Å². The van der Waals surface area contributed by atoms with Crippen molar-refractivity contribution in [3.8, 4) is 0 Å². The van der Waals surface area contributed by atoms with Gasteiger partial charge in [-0.05, 0) is 11.5 Å². The average molecular weight is 209 g/mol. The van der Waals surface area contributed by atoms with Gasteiger partial charge in [0, 0.05) is 10.7 Å². The van der Waals surface area contributed by atoms with Crippen LogP contribution >= 0.6 is 27.5 Å². The highest BCUT2D eigenvalue weighted by molar-refractivity contribution is 9.09. The fraction of sp³-hybridized carbons (Fsp3) is 0.500. The molecule has 1 rings (SSSR count). The number of aromatic nitrogens is 2. The fourth-order valence-corrected chi connectivity index (χ4v) is 1.23. The molecule has 0 aliphatic heterocycles. The highest BCUT2D eigenvalue weighted by Gasteiger charge is 2.06. The van der Waals surface area contributed by atoms with Crippen molar-refractivity contribution in [1.82, 2.24) is 9.59 Å². The lowest BCUT2D eigenvalue weighted by atomic mass is 10.3. The highest BCUT2D eigenvalue weighted by Crippen LogP contribution is 2.12. The molecule has 1 atom stereocenters. The maximum absolute atomic E-state index is 9.08. The van der Waals surface area contributed by atoms with Gasteiger partial charge in [-0.15, -0.1) is 5.10 Å². The molecular formula is C4H5BrN2OS. The molecule has 0 bridgehead atoms. The van der Waals surface area contributed by atoms with Gasteiger partial charge >= 0.3 is 0 Å². The predicted octanol–water partition coefficient (Wildman–Crippen LogP) is 0.966. The minimum Gasteiger partial charge on any atom is -0.386 e. The van der Waals surface area contributed by atoms with Crippen LogP contribution in [-0.4, -0.2) is 20.0 Å². The molecule has 0 amide bonds. The smallest absolute Gasteiger partial charge is 0.108 e. The summed E-state index contributed by atoms with van der Waals surface area (Å²) in [6, 6.07) is 0. The zero-order valence-corrected chi connectivity index (χ0v) is 6.89. The molecule has 0 saturated heterocycles. The van der Waals surface area contributed by atoms with E-state index in [0.29, 0.717) is 11.0 Å². The van der Waals surface area contributed by atoms with Crippen molar-refractivity contribution in [3.05, 3.63) is 11.1 Å². The van der Waals surface area contributed by atoms with Crippen molar-refractivity contribution in [2.75, 3.05) is 5.33 Å². The molecule has 0 aromatic carbocycles. The van der Waals surface area contributed by atoms with E-state index in [1.54, 1.807) is 5.38 Å². The topological polar surface area (TPSA) is 46.0 Å². The lowest BCUT2D eigenvalue weighted by Crippen LogP contribution is -1.97. The Balaban J connectivity index is 2.65. The van der Waals surface area contributed by atoms with Crippen LogP contribution in [0.25, 0.3) is 0 Å². The van der Waals surface area contributed by atoms with Crippen molar-refractivity contribution >= 4 is 27.5 Å². The first-order valence-electron chi connectivity index (χ1n) is 2.35. The van der Waals surface area contributed by atoms with Crippen LogP contribution in [0.15, 0.2) is 5.38 Å². The van der Waals surface area contributed by atoms with Crippen molar-refractivity contribution in [1.29, 1.82) is 0 Å². The second-order valence-electron chi connectivity index (χ2n) is 1.50. The standard InChI is InChI=1S/C4H5BrN2OS/c5-1-4(8)3-2-9-7-6-3/h2,4,8H,1H2. The van der Waals surface area contributed by atoms with Gasteiger partial charge in [0.25, 0.3) is 0 Å². The molecule has 0 aliphatic rings. The van der Waals surface area contributed by atoms with Gasteiger partial charge in [0.2, 0.25) is 0 Å². The molecule has 1 heterocycles. The zero-order valence-electron chi connectivity index (χ0n) is 4.49. The van der Waals surface area contributed by atoms with E-state index < -0.39 is 6.10 Å². The third-order valence-electron chi connectivity index (χ3n) is 0.864. The highest BCUT2D eigenvalue weighted by atomic mass is 79.9. The van der Waals surface area contributed by atoms with E-state index in [1.165, 1.54) is 11.5 Å². The maximum atomic E-state index is 9.08. The number of hydrogen-bond acceptors (Lipinski definition) is 4. The number of halogens is 1. The summed E-state index contributed by atoms with van der Waals surface area (Å²) in [5, 5.41) is 15.0. The van der Waals surface area contributed by atoms with Crippen LogP contribution in [0.3, 0.4) is 0 Å². The largest absolute Gasteiger partial charge is 0.386 e. The quantitative estimate of drug-likeness (QED) is 0.738. The third-order valence-corrected chi connectivity index (χ3v) is 2.00. The van der Waals surface area contributed by atoms with Crippen LogP contribution in [0.5, 0.6) is 0 Å². The monoisotopic (exact) mass is 208 g/mol. The lowest BCUT2D eigenvalue weighted by Gasteiger charge is -1.97. The molecule has 3 nitrogen and oxygen atoms in total. The Morgan fingerprint density at radius 3 is 3.11 bits per heavy atom. The normalized spacial score (nSPS) is 13.6. The molecule has 0 fully saturated rings. The van der Waals surface area contributed by atoms with E-state index in [9.17, 15) is 0 Å². The fourth-order valence-electron chi connectivity index (χ4n) is 0.396. The molecule has 1 unspecified atom stereocenters. The van der Waals surface area contributed by atoms with Crippen LogP contribution in [0.2, 0.25) is 0 Å². The number of aliphatic hydroxyl groups is 1. The summed E-state index contributed by atoms with van der Waals surface area (Å²) in [5.41, 5.74) is 0.636. The summed E-state index contributed by atoms with van der Waals surface area (Å²) in [5.74, 6) is 0. The van der Waals surface area contributed by atoms with Crippen molar-refractivity contribution in [2.24, 2.45) is 0 Å². The third kappa shape index (κ3) is 1.70. The molecular weight excluding hydrogens is 204 g/mol. The second-order valence-corrected chi connectivity index (χ2v) is 2.76. The van der Waals surface area contributed by atoms with Crippen molar-refractivity contribution < 1.29 is 5.11 Å². The van der Waals surface area contributed by atoms with E-state index in [0.717, 1.165) is 0 Å². The number of aliphatic hydroxyl groups excluding tert-OH is 1. The first-order valence-corrected chi connectivity index (χ1v) is 4.31. The Kier molecular flexibility index (Phi) is 2.56. The molecule has 1 aromatic heterocycles. The maximum Gasteiger partial charge on any atom is 0.108 e. The van der Waals surface area contributed by atoms with Crippen molar-refractivity contribution in [3.63, 3.8) is 0 Å². The van der Waals surface area contributed by atoms with Gasteiger partial charge in [-0.2, -0.15) is 0 Å². The number of nitrogens with zero attached hydrogens (tertiary/aromatic N) is 2. The first-order chi connectivity index (χ1) is 4.34. The van der Waals surface area contributed by atoms with Gasteiger partial charge in [0.1, 0.15) is 11.8 Å². The first kappa shape index (κ1) is 7.11. The molecule has 0 radical (unpaired) electrons. The molecule has 1 aromatic rings. The summed E-state index contributed by atoms with van der Waals surface area (Å²) in [4.78, 5) is 0. The van der Waals surface area contributed by atoms with Crippen LogP contribution in [0.4, 0.5) is 0 Å². The van der Waals surface area contributed by atoms with Gasteiger partial charge in [0.05, 0.1) is 0 Å². The summed E-state index contributed by atoms with van der Waals surface area (Å²) in [7, 11) is 0. The summed E-state index contributed by atoms with van der Waals surface area (Å²) >= 11 is 4.36. The van der Waals surface area contributed by atoms with Crippen molar-refractivity contribution in [2.45, 2.75) is 6.10 Å². The average Bonchev–Trinajstić information content (AvgIpc) is 2.37. The minimum atomic E-state index is -0.510. The van der Waals surface area contributed by atoms with E-state index >= 15 is 0 Å². The number of rotatable bonds is 2. The SMILES string of the molecule is OC(CBr)c1csnn1. The van der Waals surface area contributed by atoms with E-state index in [2.05, 4.69) is 25.5 Å². The second kappa shape index (κ2) is 3.24. The van der Waals surface area contributed by atoms with Gasteiger partial charge in [-0.1, -0.05) is 20.4 Å². The van der Waals surface area contributed by atoms with E-state index in [4.69, 9.17) is 5.11 Å². The molecule has 0 spiro atoms. The predicted molar refractivity (Wildman–Crippen MR) is 38.7 cm³/mol. The van der Waals surface area contributed by atoms with Gasteiger partial charge in [0.15, 0.2) is 0 Å². The summed E-state index contributed by atoms with van der Waals surface area (Å²) in [6.45, 7) is 0. The van der Waals surface area contributed by atoms with Gasteiger partial charge in [-0.3, -0.25) is 0 Å². The zero-order chi connectivity index (χ0) is 6.69. The Hall–Kier alpha value is 0. The van der Waals surface area contributed by atoms with Crippen LogP contribution in [0, 0.1) is 0 Å². The van der Waals surface area contributed by atoms with E-state index in [1.807, 2.05) is 0 Å². The van der Waals surface area contributed by atoms with E-state index in [-0.39, 0.29) is 0 Å². The molecule has 0 aliphatic carbocycles. The summed E-state index contributed by atoms with van der Waals surface area (Å²) in [6.07, 6.45) is -0.510. The molecule has 50 valence electrons. The van der Waals surface area contributed by atoms with Gasteiger partial charge in [-0.25, -0.2) is 0 Å². The van der Waals surface area contributed by atoms with Crippen LogP contribution < -0.4 is 0 Å². The Bertz CT molecular complexity index is 167. The Morgan fingerprint density at radius 2 is 2.67 bits per heavy atom. The molecule has 5 heteroatoms.